The van der Waals surface area contributed by atoms with Gasteiger partial charge in [0.15, 0.2) is 0 Å². The molecule has 3 heteroatoms. The Morgan fingerprint density at radius 3 is 2.85 bits per heavy atom. The van der Waals surface area contributed by atoms with Crippen LogP contribution in [-0.2, 0) is 6.61 Å². The average molecular weight is 266 g/mol. The minimum absolute atomic E-state index is 0.564. The Balaban J connectivity index is 1.87. The summed E-state index contributed by atoms with van der Waals surface area (Å²) in [6.07, 6.45) is 2.76. The quantitative estimate of drug-likeness (QED) is 0.850. The fraction of sp³-hybridized carbons (Fsp3) is 0.235. The largest absolute Gasteiger partial charge is 0.488 e. The molecule has 0 saturated heterocycles. The monoisotopic (exact) mass is 266 g/mol. The second-order valence-corrected chi connectivity index (χ2v) is 5.06. The van der Waals surface area contributed by atoms with Crippen LogP contribution in [0.25, 0.3) is 5.57 Å². The molecule has 0 spiro atoms. The molecule has 1 aliphatic heterocycles. The lowest BCUT2D eigenvalue weighted by molar-refractivity contribution is 0.305. The van der Waals surface area contributed by atoms with Crippen molar-refractivity contribution in [3.05, 3.63) is 60.3 Å². The van der Waals surface area contributed by atoms with Crippen LogP contribution in [0.5, 0.6) is 5.75 Å². The Morgan fingerprint density at radius 2 is 2.05 bits per heavy atom. The molecule has 1 aromatic carbocycles. The summed E-state index contributed by atoms with van der Waals surface area (Å²) >= 11 is 0. The van der Waals surface area contributed by atoms with Gasteiger partial charge in [0, 0.05) is 19.8 Å². The number of nitrogens with zero attached hydrogens (tertiary/aromatic N) is 2. The molecule has 0 fully saturated rings. The van der Waals surface area contributed by atoms with E-state index in [4.69, 9.17) is 4.74 Å². The molecular formula is C17H18N2O. The van der Waals surface area contributed by atoms with E-state index in [0.717, 1.165) is 41.2 Å². The molecule has 1 aromatic heterocycles. The first-order valence-corrected chi connectivity index (χ1v) is 6.81. The second-order valence-electron chi connectivity index (χ2n) is 5.06. The first kappa shape index (κ1) is 12.7. The van der Waals surface area contributed by atoms with Crippen molar-refractivity contribution in [2.24, 2.45) is 0 Å². The minimum atomic E-state index is 0.564. The van der Waals surface area contributed by atoms with E-state index in [1.165, 1.54) is 0 Å². The van der Waals surface area contributed by atoms with Crippen LogP contribution in [-0.4, -0.2) is 18.6 Å². The summed E-state index contributed by atoms with van der Waals surface area (Å²) < 4.78 is 5.98. The number of pyridine rings is 1. The first-order chi connectivity index (χ1) is 9.75. The Bertz CT molecular complexity index is 622. The van der Waals surface area contributed by atoms with Gasteiger partial charge in [-0.2, -0.15) is 0 Å². The number of benzene rings is 1. The van der Waals surface area contributed by atoms with E-state index in [9.17, 15) is 0 Å². The van der Waals surface area contributed by atoms with Gasteiger partial charge in [0.05, 0.1) is 5.56 Å². The molecule has 0 N–H and O–H groups in total. The van der Waals surface area contributed by atoms with E-state index in [2.05, 4.69) is 35.6 Å². The Hall–Kier alpha value is -2.29. The van der Waals surface area contributed by atoms with Gasteiger partial charge >= 0.3 is 0 Å². The van der Waals surface area contributed by atoms with E-state index in [1.807, 2.05) is 24.3 Å². The van der Waals surface area contributed by atoms with E-state index >= 15 is 0 Å². The van der Waals surface area contributed by atoms with Gasteiger partial charge in [-0.05, 0) is 23.6 Å². The predicted octanol–water partition coefficient (Wildman–Crippen LogP) is 3.51. The van der Waals surface area contributed by atoms with Gasteiger partial charge in [0.1, 0.15) is 18.2 Å². The zero-order valence-electron chi connectivity index (χ0n) is 11.7. The third-order valence-electron chi connectivity index (χ3n) is 3.59. The number of hydrogen-bond acceptors (Lipinski definition) is 3. The van der Waals surface area contributed by atoms with Crippen LogP contribution in [0.15, 0.2) is 49.2 Å². The van der Waals surface area contributed by atoms with E-state index < -0.39 is 0 Å². The van der Waals surface area contributed by atoms with Crippen molar-refractivity contribution in [2.75, 3.05) is 18.5 Å². The molecule has 102 valence electrons. The minimum Gasteiger partial charge on any atom is -0.488 e. The van der Waals surface area contributed by atoms with Crippen molar-refractivity contribution in [3.8, 4) is 5.75 Å². The molecule has 1 aliphatic rings. The summed E-state index contributed by atoms with van der Waals surface area (Å²) in [6.45, 7) is 5.68. The highest BCUT2D eigenvalue weighted by Gasteiger charge is 2.21. The Kier molecular flexibility index (Phi) is 3.42. The predicted molar refractivity (Wildman–Crippen MR) is 81.9 cm³/mol. The number of fused-ring (bicyclic) bond motifs is 1. The Labute approximate surface area is 119 Å². The Morgan fingerprint density at radius 1 is 1.25 bits per heavy atom. The number of ether oxygens (including phenoxy) is 1. The number of rotatable bonds is 3. The summed E-state index contributed by atoms with van der Waals surface area (Å²) in [7, 11) is 2.05. The van der Waals surface area contributed by atoms with Crippen LogP contribution in [0.1, 0.15) is 17.5 Å². The molecule has 0 unspecified atom stereocenters. The molecule has 3 rings (SSSR count). The number of aromatic nitrogens is 1. The standard InChI is InChI=1S/C17H18N2O/c1-13-9-11-19(2)17-16(13)15(8-10-18-17)20-12-14-6-4-3-5-7-14/h3-8,10H,1,9,11-12H2,2H3. The fourth-order valence-corrected chi connectivity index (χ4v) is 2.44. The SMILES string of the molecule is C=C1CCN(C)c2nccc(OCc3ccccc3)c21. The van der Waals surface area contributed by atoms with Crippen molar-refractivity contribution < 1.29 is 4.74 Å². The molecule has 0 amide bonds. The molecule has 2 heterocycles. The maximum atomic E-state index is 5.98. The average Bonchev–Trinajstić information content (AvgIpc) is 2.50. The second kappa shape index (κ2) is 5.37. The normalized spacial score (nSPS) is 14.1. The van der Waals surface area contributed by atoms with E-state index in [1.54, 1.807) is 6.20 Å². The maximum Gasteiger partial charge on any atom is 0.139 e. The van der Waals surface area contributed by atoms with Crippen LogP contribution in [0, 0.1) is 0 Å². The van der Waals surface area contributed by atoms with Crippen molar-refractivity contribution in [2.45, 2.75) is 13.0 Å². The van der Waals surface area contributed by atoms with Crippen LogP contribution in [0.3, 0.4) is 0 Å². The van der Waals surface area contributed by atoms with Gasteiger partial charge in [-0.1, -0.05) is 36.9 Å². The first-order valence-electron chi connectivity index (χ1n) is 6.81. The van der Waals surface area contributed by atoms with Crippen molar-refractivity contribution >= 4 is 11.4 Å². The van der Waals surface area contributed by atoms with Crippen molar-refractivity contribution in [1.82, 2.24) is 4.98 Å². The third-order valence-corrected chi connectivity index (χ3v) is 3.59. The zero-order chi connectivity index (χ0) is 13.9. The van der Waals surface area contributed by atoms with Crippen molar-refractivity contribution in [1.29, 1.82) is 0 Å². The van der Waals surface area contributed by atoms with E-state index in [-0.39, 0.29) is 0 Å². The van der Waals surface area contributed by atoms with Gasteiger partial charge in [-0.3, -0.25) is 0 Å². The number of anilines is 1. The number of hydrogen-bond donors (Lipinski definition) is 0. The van der Waals surface area contributed by atoms with Gasteiger partial charge < -0.3 is 9.64 Å². The van der Waals surface area contributed by atoms with Gasteiger partial charge in [-0.25, -0.2) is 4.98 Å². The van der Waals surface area contributed by atoms with E-state index in [0.29, 0.717) is 6.61 Å². The van der Waals surface area contributed by atoms with Gasteiger partial charge in [0.2, 0.25) is 0 Å². The lowest BCUT2D eigenvalue weighted by Gasteiger charge is -2.28. The molecule has 0 bridgehead atoms. The van der Waals surface area contributed by atoms with Crippen LogP contribution in [0.4, 0.5) is 5.82 Å². The lowest BCUT2D eigenvalue weighted by atomic mass is 10.00. The molecule has 0 saturated carbocycles. The molecule has 3 nitrogen and oxygen atoms in total. The lowest BCUT2D eigenvalue weighted by Crippen LogP contribution is -2.25. The van der Waals surface area contributed by atoms with Crippen LogP contribution >= 0.6 is 0 Å². The summed E-state index contributed by atoms with van der Waals surface area (Å²) in [5.41, 5.74) is 3.32. The summed E-state index contributed by atoms with van der Waals surface area (Å²) in [6, 6.07) is 12.1. The molecule has 0 radical (unpaired) electrons. The molecule has 20 heavy (non-hydrogen) atoms. The highest BCUT2D eigenvalue weighted by atomic mass is 16.5. The molecule has 0 atom stereocenters. The third kappa shape index (κ3) is 2.39. The maximum absolute atomic E-state index is 5.98. The highest BCUT2D eigenvalue weighted by molar-refractivity contribution is 5.80. The van der Waals surface area contributed by atoms with Crippen LogP contribution in [0.2, 0.25) is 0 Å². The van der Waals surface area contributed by atoms with Crippen molar-refractivity contribution in [3.63, 3.8) is 0 Å². The topological polar surface area (TPSA) is 25.4 Å². The highest BCUT2D eigenvalue weighted by Crippen LogP contribution is 2.37. The molecule has 0 aliphatic carbocycles. The smallest absolute Gasteiger partial charge is 0.139 e. The summed E-state index contributed by atoms with van der Waals surface area (Å²) in [5, 5.41) is 0. The van der Waals surface area contributed by atoms with Gasteiger partial charge in [0.25, 0.3) is 0 Å². The molecular weight excluding hydrogens is 248 g/mol. The molecule has 2 aromatic rings. The summed E-state index contributed by atoms with van der Waals surface area (Å²) in [4.78, 5) is 6.60. The zero-order valence-corrected chi connectivity index (χ0v) is 11.7. The summed E-state index contributed by atoms with van der Waals surface area (Å²) in [5.74, 6) is 1.84. The van der Waals surface area contributed by atoms with Crippen LogP contribution < -0.4 is 9.64 Å². The fourth-order valence-electron chi connectivity index (χ4n) is 2.44. The van der Waals surface area contributed by atoms with Gasteiger partial charge in [-0.15, -0.1) is 0 Å².